The normalized spacial score (nSPS) is 22.5. The molecule has 29 heavy (non-hydrogen) atoms. The number of pyridine rings is 1. The molecule has 0 radical (unpaired) electrons. The number of piperidine rings is 1. The summed E-state index contributed by atoms with van der Waals surface area (Å²) in [6.07, 6.45) is 7.38. The number of amides is 1. The van der Waals surface area contributed by atoms with Gasteiger partial charge in [0.2, 0.25) is 5.91 Å². The summed E-state index contributed by atoms with van der Waals surface area (Å²) in [7, 11) is 1.99. The third kappa shape index (κ3) is 3.37. The van der Waals surface area contributed by atoms with Gasteiger partial charge in [0.1, 0.15) is 5.82 Å². The Morgan fingerprint density at radius 1 is 1.24 bits per heavy atom. The molecular weight excluding hydrogens is 360 g/mol. The molecule has 5 nitrogen and oxygen atoms in total. The number of likely N-dealkylation sites (N-methyl/N-ethyl adjacent to an activating group) is 1. The molecule has 1 atom stereocenters. The van der Waals surface area contributed by atoms with Crippen LogP contribution in [-0.2, 0) is 10.2 Å². The largest absolute Gasteiger partial charge is 0.399 e. The predicted octanol–water partition coefficient (Wildman–Crippen LogP) is 3.56. The van der Waals surface area contributed by atoms with E-state index in [2.05, 4.69) is 34.1 Å². The Morgan fingerprint density at radius 3 is 2.72 bits per heavy atom. The monoisotopic (exact) mass is 390 g/mol. The van der Waals surface area contributed by atoms with Gasteiger partial charge in [-0.05, 0) is 55.2 Å². The van der Waals surface area contributed by atoms with Crippen molar-refractivity contribution in [1.29, 1.82) is 0 Å². The van der Waals surface area contributed by atoms with Crippen molar-refractivity contribution in [2.24, 2.45) is 5.92 Å². The summed E-state index contributed by atoms with van der Waals surface area (Å²) in [5, 5.41) is 0. The number of hydrogen-bond donors (Lipinski definition) is 1. The van der Waals surface area contributed by atoms with E-state index in [1.807, 2.05) is 24.1 Å². The van der Waals surface area contributed by atoms with Crippen LogP contribution in [0.2, 0.25) is 0 Å². The molecular formula is C24H30N4O. The van der Waals surface area contributed by atoms with Crippen LogP contribution in [0.3, 0.4) is 0 Å². The minimum Gasteiger partial charge on any atom is -0.399 e. The molecule has 2 aliphatic carbocycles. The first-order valence-corrected chi connectivity index (χ1v) is 10.9. The van der Waals surface area contributed by atoms with Gasteiger partial charge in [0.15, 0.2) is 0 Å². The predicted molar refractivity (Wildman–Crippen MR) is 116 cm³/mol. The van der Waals surface area contributed by atoms with Gasteiger partial charge in [-0.1, -0.05) is 24.3 Å². The highest BCUT2D eigenvalue weighted by Gasteiger charge is 2.48. The van der Waals surface area contributed by atoms with Crippen LogP contribution in [0, 0.1) is 5.92 Å². The van der Waals surface area contributed by atoms with Crippen molar-refractivity contribution < 1.29 is 4.79 Å². The molecule has 1 aromatic heterocycles. The quantitative estimate of drug-likeness (QED) is 0.867. The molecule has 0 unspecified atom stereocenters. The second-order valence-corrected chi connectivity index (χ2v) is 9.22. The average molecular weight is 391 g/mol. The van der Waals surface area contributed by atoms with Crippen LogP contribution in [0.15, 0.2) is 42.6 Å². The van der Waals surface area contributed by atoms with Crippen LogP contribution in [0.5, 0.6) is 0 Å². The fourth-order valence-electron chi connectivity index (χ4n) is 5.40. The topological polar surface area (TPSA) is 62.5 Å². The number of anilines is 2. The van der Waals surface area contributed by atoms with E-state index in [-0.39, 0.29) is 11.3 Å². The minimum atomic E-state index is 0.00648. The van der Waals surface area contributed by atoms with E-state index in [0.29, 0.717) is 5.91 Å². The number of nitrogens with zero attached hydrogens (tertiary/aromatic N) is 3. The molecule has 1 saturated heterocycles. The summed E-state index contributed by atoms with van der Waals surface area (Å²) in [4.78, 5) is 22.1. The second-order valence-electron chi connectivity index (χ2n) is 9.22. The van der Waals surface area contributed by atoms with Gasteiger partial charge in [-0.25, -0.2) is 4.98 Å². The van der Waals surface area contributed by atoms with Crippen molar-refractivity contribution in [1.82, 2.24) is 9.88 Å². The molecule has 0 bridgehead atoms. The van der Waals surface area contributed by atoms with Gasteiger partial charge >= 0.3 is 0 Å². The van der Waals surface area contributed by atoms with Gasteiger partial charge in [-0.15, -0.1) is 0 Å². The van der Waals surface area contributed by atoms with Crippen LogP contribution in [-0.4, -0.2) is 42.5 Å². The smallest absolute Gasteiger partial charge is 0.229 e. The van der Waals surface area contributed by atoms with Gasteiger partial charge in [0.05, 0.1) is 5.92 Å². The highest BCUT2D eigenvalue weighted by atomic mass is 16.2. The van der Waals surface area contributed by atoms with Crippen LogP contribution < -0.4 is 10.6 Å². The second kappa shape index (κ2) is 7.05. The number of rotatable bonds is 4. The van der Waals surface area contributed by atoms with Crippen molar-refractivity contribution in [3.05, 3.63) is 53.7 Å². The van der Waals surface area contributed by atoms with Crippen LogP contribution in [0.1, 0.15) is 49.1 Å². The number of hydrogen-bond acceptors (Lipinski definition) is 4. The molecule has 5 heteroatoms. The SMILES string of the molecule is CN(CC1CC1)C(=O)[C@H]1CC2(CCN(c3cc(N)ccn3)CC2)c2ccccc21. The number of aromatic nitrogens is 1. The maximum atomic E-state index is 13.3. The number of fused-ring (bicyclic) bond motifs is 2. The molecule has 1 saturated carbocycles. The lowest BCUT2D eigenvalue weighted by molar-refractivity contribution is -0.132. The standard InChI is InChI=1S/C24H30N4O/c1-27(16-17-6-7-17)23(29)20-15-24(21-5-3-2-4-19(20)21)9-12-28(13-10-24)22-14-18(25)8-11-26-22/h2-5,8,11,14,17,20H,6-7,9-10,12-13,15-16H2,1H3,(H2,25,26)/t20-/m0/s1. The van der Waals surface area contributed by atoms with E-state index in [1.165, 1.54) is 24.0 Å². The maximum absolute atomic E-state index is 13.3. The summed E-state index contributed by atoms with van der Waals surface area (Å²) in [5.74, 6) is 2.00. The van der Waals surface area contributed by atoms with Crippen LogP contribution >= 0.6 is 0 Å². The van der Waals surface area contributed by atoms with Crippen molar-refractivity contribution >= 4 is 17.4 Å². The van der Waals surface area contributed by atoms with Crippen molar-refractivity contribution in [2.75, 3.05) is 37.3 Å². The molecule has 5 rings (SSSR count). The highest BCUT2D eigenvalue weighted by Crippen LogP contribution is 2.52. The molecule has 2 fully saturated rings. The summed E-state index contributed by atoms with van der Waals surface area (Å²) in [6, 6.07) is 12.5. The minimum absolute atomic E-state index is 0.00648. The van der Waals surface area contributed by atoms with Gasteiger partial charge in [0, 0.05) is 50.0 Å². The molecule has 1 spiro atoms. The Morgan fingerprint density at radius 2 is 2.00 bits per heavy atom. The molecule has 2 heterocycles. The number of benzene rings is 1. The summed E-state index contributed by atoms with van der Waals surface area (Å²) in [5.41, 5.74) is 9.48. The van der Waals surface area contributed by atoms with Gasteiger partial charge < -0.3 is 15.5 Å². The summed E-state index contributed by atoms with van der Waals surface area (Å²) < 4.78 is 0. The van der Waals surface area contributed by atoms with E-state index < -0.39 is 0 Å². The Balaban J connectivity index is 1.36. The van der Waals surface area contributed by atoms with Crippen LogP contribution in [0.25, 0.3) is 0 Å². The molecule has 152 valence electrons. The molecule has 3 aliphatic rings. The van der Waals surface area contributed by atoms with E-state index in [1.54, 1.807) is 6.20 Å². The average Bonchev–Trinajstić information content (AvgIpc) is 3.50. The third-order valence-corrected chi connectivity index (χ3v) is 7.22. The first-order valence-electron chi connectivity index (χ1n) is 10.9. The molecule has 2 N–H and O–H groups in total. The lowest BCUT2D eigenvalue weighted by Crippen LogP contribution is -2.42. The van der Waals surface area contributed by atoms with Crippen molar-refractivity contribution in [2.45, 2.75) is 43.4 Å². The van der Waals surface area contributed by atoms with E-state index >= 15 is 0 Å². The molecule has 2 aromatic rings. The van der Waals surface area contributed by atoms with Gasteiger partial charge in [-0.3, -0.25) is 4.79 Å². The zero-order valence-electron chi connectivity index (χ0n) is 17.2. The van der Waals surface area contributed by atoms with Gasteiger partial charge in [0.25, 0.3) is 0 Å². The lowest BCUT2D eigenvalue weighted by Gasteiger charge is -2.41. The Labute approximate surface area is 172 Å². The zero-order chi connectivity index (χ0) is 20.0. The number of carbonyl (C=O) groups is 1. The third-order valence-electron chi connectivity index (χ3n) is 7.22. The maximum Gasteiger partial charge on any atom is 0.229 e. The highest BCUT2D eigenvalue weighted by molar-refractivity contribution is 5.85. The Bertz CT molecular complexity index is 915. The Hall–Kier alpha value is -2.56. The number of nitrogens with two attached hydrogens (primary N) is 1. The first kappa shape index (κ1) is 18.5. The number of nitrogen functional groups attached to an aromatic ring is 1. The van der Waals surface area contributed by atoms with E-state index in [0.717, 1.165) is 56.3 Å². The fourth-order valence-corrected chi connectivity index (χ4v) is 5.40. The number of carbonyl (C=O) groups excluding carboxylic acids is 1. The van der Waals surface area contributed by atoms with Crippen molar-refractivity contribution in [3.63, 3.8) is 0 Å². The zero-order valence-corrected chi connectivity index (χ0v) is 17.2. The lowest BCUT2D eigenvalue weighted by atomic mass is 9.73. The Kier molecular flexibility index (Phi) is 4.49. The summed E-state index contributed by atoms with van der Waals surface area (Å²) in [6.45, 7) is 2.81. The van der Waals surface area contributed by atoms with E-state index in [4.69, 9.17) is 5.73 Å². The summed E-state index contributed by atoms with van der Waals surface area (Å²) >= 11 is 0. The van der Waals surface area contributed by atoms with Crippen LogP contribution in [0.4, 0.5) is 11.5 Å². The van der Waals surface area contributed by atoms with Gasteiger partial charge in [-0.2, -0.15) is 0 Å². The fraction of sp³-hybridized carbons (Fsp3) is 0.500. The molecule has 1 aromatic carbocycles. The molecule has 1 amide bonds. The molecule has 1 aliphatic heterocycles. The van der Waals surface area contributed by atoms with E-state index in [9.17, 15) is 4.79 Å². The van der Waals surface area contributed by atoms with Crippen molar-refractivity contribution in [3.8, 4) is 0 Å². The first-order chi connectivity index (χ1) is 14.1.